The molecule has 2 atom stereocenters. The summed E-state index contributed by atoms with van der Waals surface area (Å²) in [4.78, 5) is 0.400. The van der Waals surface area contributed by atoms with E-state index >= 15 is 0 Å². The van der Waals surface area contributed by atoms with Crippen molar-refractivity contribution in [3.05, 3.63) is 29.3 Å². The molecule has 0 spiro atoms. The van der Waals surface area contributed by atoms with E-state index in [9.17, 15) is 8.42 Å². The minimum absolute atomic E-state index is 0.0705. The molecule has 0 bridgehead atoms. The van der Waals surface area contributed by atoms with E-state index in [1.54, 1.807) is 26.2 Å². The lowest BCUT2D eigenvalue weighted by atomic mass is 10.1. The Labute approximate surface area is 130 Å². The fourth-order valence-electron chi connectivity index (χ4n) is 2.65. The molecule has 1 fully saturated rings. The molecule has 0 aromatic heterocycles. The van der Waals surface area contributed by atoms with Gasteiger partial charge in [-0.1, -0.05) is 24.4 Å². The third-order valence-corrected chi connectivity index (χ3v) is 5.69. The molecule has 0 aliphatic heterocycles. The molecule has 1 aromatic carbocycles. The largest absolute Gasteiger partial charge is 0.389 e. The molecule has 0 saturated heterocycles. The van der Waals surface area contributed by atoms with E-state index in [1.807, 2.05) is 0 Å². The molecule has 3 N–H and O–H groups in total. The van der Waals surface area contributed by atoms with E-state index in [1.165, 1.54) is 6.07 Å². The monoisotopic (exact) mass is 328 g/mol. The van der Waals surface area contributed by atoms with Crippen molar-refractivity contribution in [2.45, 2.75) is 43.2 Å². The van der Waals surface area contributed by atoms with E-state index < -0.39 is 10.0 Å². The highest BCUT2D eigenvalue weighted by molar-refractivity contribution is 7.89. The Balaban J connectivity index is 2.31. The van der Waals surface area contributed by atoms with Gasteiger partial charge in [-0.3, -0.25) is 0 Å². The van der Waals surface area contributed by atoms with Gasteiger partial charge in [0.25, 0.3) is 0 Å². The molecule has 0 amide bonds. The third-order valence-electron chi connectivity index (χ3n) is 3.82. The maximum Gasteiger partial charge on any atom is 0.241 e. The second-order valence-corrected chi connectivity index (χ2v) is 7.40. The van der Waals surface area contributed by atoms with Crippen LogP contribution < -0.4 is 10.5 Å². The molecule has 5 nitrogen and oxygen atoms in total. The molecule has 0 radical (unpaired) electrons. The number of hydrogen-bond acceptors (Lipinski definition) is 4. The second kappa shape index (κ2) is 6.39. The van der Waals surface area contributed by atoms with E-state index in [4.69, 9.17) is 22.7 Å². The first-order valence-corrected chi connectivity index (χ1v) is 8.70. The zero-order valence-electron chi connectivity index (χ0n) is 12.1. The second-order valence-electron chi connectivity index (χ2n) is 5.28. The number of methoxy groups -OCH3 is 1. The highest BCUT2D eigenvalue weighted by atomic mass is 32.2. The first kappa shape index (κ1) is 16.4. The Bertz CT molecular complexity index is 644. The molecule has 21 heavy (non-hydrogen) atoms. The average molecular weight is 328 g/mol. The van der Waals surface area contributed by atoms with Crippen LogP contribution in [-0.4, -0.2) is 32.7 Å². The lowest BCUT2D eigenvalue weighted by Crippen LogP contribution is -2.40. The van der Waals surface area contributed by atoms with Gasteiger partial charge in [0.2, 0.25) is 10.0 Å². The molecule has 1 aromatic rings. The minimum atomic E-state index is -3.62. The van der Waals surface area contributed by atoms with Crippen LogP contribution in [0.3, 0.4) is 0 Å². The minimum Gasteiger partial charge on any atom is -0.389 e. The van der Waals surface area contributed by atoms with Gasteiger partial charge in [0.1, 0.15) is 4.99 Å². The molecule has 1 aliphatic carbocycles. The van der Waals surface area contributed by atoms with Gasteiger partial charge < -0.3 is 10.5 Å². The van der Waals surface area contributed by atoms with Gasteiger partial charge in [-0.05, 0) is 37.8 Å². The Hall–Kier alpha value is -1.02. The fourth-order valence-corrected chi connectivity index (χ4v) is 4.34. The van der Waals surface area contributed by atoms with Crippen LogP contribution in [0.4, 0.5) is 0 Å². The number of benzene rings is 1. The Kier molecular flexibility index (Phi) is 4.98. The Morgan fingerprint density at radius 3 is 2.76 bits per heavy atom. The van der Waals surface area contributed by atoms with Crippen LogP contribution >= 0.6 is 12.2 Å². The van der Waals surface area contributed by atoms with Gasteiger partial charge in [-0.2, -0.15) is 0 Å². The molecule has 1 aliphatic rings. The number of nitrogens with one attached hydrogen (secondary N) is 1. The van der Waals surface area contributed by atoms with Crippen LogP contribution in [-0.2, 0) is 14.8 Å². The van der Waals surface area contributed by atoms with E-state index in [0.717, 1.165) is 19.3 Å². The first-order valence-electron chi connectivity index (χ1n) is 6.80. The summed E-state index contributed by atoms with van der Waals surface area (Å²) in [6.45, 7) is 1.75. The van der Waals surface area contributed by atoms with Crippen molar-refractivity contribution in [1.82, 2.24) is 4.72 Å². The van der Waals surface area contributed by atoms with Gasteiger partial charge >= 0.3 is 0 Å². The number of sulfonamides is 1. The van der Waals surface area contributed by atoms with Crippen molar-refractivity contribution in [3.63, 3.8) is 0 Å². The number of ether oxygens (including phenoxy) is 1. The molecule has 116 valence electrons. The van der Waals surface area contributed by atoms with Gasteiger partial charge in [0, 0.05) is 18.7 Å². The summed E-state index contributed by atoms with van der Waals surface area (Å²) in [5.41, 5.74) is 6.79. The first-order chi connectivity index (χ1) is 9.85. The number of rotatable bonds is 5. The highest BCUT2D eigenvalue weighted by Gasteiger charge is 2.31. The van der Waals surface area contributed by atoms with Crippen LogP contribution in [0.1, 0.15) is 30.4 Å². The predicted molar refractivity (Wildman–Crippen MR) is 85.8 cm³/mol. The smallest absolute Gasteiger partial charge is 0.241 e. The van der Waals surface area contributed by atoms with Gasteiger partial charge in [-0.15, -0.1) is 0 Å². The topological polar surface area (TPSA) is 81.4 Å². The Morgan fingerprint density at radius 1 is 1.43 bits per heavy atom. The molecule has 1 saturated carbocycles. The molecule has 2 unspecified atom stereocenters. The summed E-state index contributed by atoms with van der Waals surface area (Å²) in [6, 6.07) is 4.78. The lowest BCUT2D eigenvalue weighted by molar-refractivity contribution is 0.0916. The molecular weight excluding hydrogens is 308 g/mol. The summed E-state index contributed by atoms with van der Waals surface area (Å²) in [5.74, 6) is 0. The van der Waals surface area contributed by atoms with E-state index in [2.05, 4.69) is 4.72 Å². The normalized spacial score (nSPS) is 22.4. The summed E-state index contributed by atoms with van der Waals surface area (Å²) < 4.78 is 33.3. The van der Waals surface area contributed by atoms with Crippen molar-refractivity contribution >= 4 is 27.2 Å². The molecule has 0 heterocycles. The van der Waals surface area contributed by atoms with Gasteiger partial charge in [0.05, 0.1) is 11.0 Å². The van der Waals surface area contributed by atoms with Crippen molar-refractivity contribution < 1.29 is 13.2 Å². The SMILES string of the molecule is COC1CCCC1NS(=O)(=O)c1cc(C(N)=S)ccc1C. The summed E-state index contributed by atoms with van der Waals surface area (Å²) >= 11 is 4.91. The van der Waals surface area contributed by atoms with Crippen molar-refractivity contribution in [2.75, 3.05) is 7.11 Å². The number of aryl methyl sites for hydroxylation is 1. The number of hydrogen-bond donors (Lipinski definition) is 2. The third kappa shape index (κ3) is 3.60. The summed E-state index contributed by atoms with van der Waals surface area (Å²) in [7, 11) is -2.01. The standard InChI is InChI=1S/C14H20N2O3S2/c1-9-6-7-10(14(15)20)8-13(9)21(17,18)16-11-4-3-5-12(11)19-2/h6-8,11-12,16H,3-5H2,1-2H3,(H2,15,20). The Morgan fingerprint density at radius 2 is 2.14 bits per heavy atom. The average Bonchev–Trinajstić information content (AvgIpc) is 2.85. The summed E-state index contributed by atoms with van der Waals surface area (Å²) in [5, 5.41) is 0. The van der Waals surface area contributed by atoms with Crippen LogP contribution in [0.25, 0.3) is 0 Å². The molecule has 2 rings (SSSR count). The van der Waals surface area contributed by atoms with Crippen LogP contribution in [0, 0.1) is 6.92 Å². The number of thiocarbonyl (C=S) groups is 1. The van der Waals surface area contributed by atoms with Gasteiger partial charge in [-0.25, -0.2) is 13.1 Å². The molecular formula is C14H20N2O3S2. The van der Waals surface area contributed by atoms with Crippen LogP contribution in [0.2, 0.25) is 0 Å². The van der Waals surface area contributed by atoms with Gasteiger partial charge in [0.15, 0.2) is 0 Å². The maximum atomic E-state index is 12.6. The highest BCUT2D eigenvalue weighted by Crippen LogP contribution is 2.24. The van der Waals surface area contributed by atoms with Crippen molar-refractivity contribution in [3.8, 4) is 0 Å². The maximum absolute atomic E-state index is 12.6. The quantitative estimate of drug-likeness (QED) is 0.800. The van der Waals surface area contributed by atoms with Crippen molar-refractivity contribution in [2.24, 2.45) is 5.73 Å². The van der Waals surface area contributed by atoms with Crippen molar-refractivity contribution in [1.29, 1.82) is 0 Å². The molecule has 7 heteroatoms. The zero-order chi connectivity index (χ0) is 15.6. The number of nitrogens with two attached hydrogens (primary N) is 1. The predicted octanol–water partition coefficient (Wildman–Crippen LogP) is 1.48. The summed E-state index contributed by atoms with van der Waals surface area (Å²) in [6.07, 6.45) is 2.54. The van der Waals surface area contributed by atoms with E-state index in [0.29, 0.717) is 11.1 Å². The van der Waals surface area contributed by atoms with E-state index in [-0.39, 0.29) is 22.0 Å². The zero-order valence-corrected chi connectivity index (χ0v) is 13.8. The fraction of sp³-hybridized carbons (Fsp3) is 0.500. The van der Waals surface area contributed by atoms with Crippen LogP contribution in [0.5, 0.6) is 0 Å². The lowest BCUT2D eigenvalue weighted by Gasteiger charge is -2.20. The van der Waals surface area contributed by atoms with Crippen LogP contribution in [0.15, 0.2) is 23.1 Å².